The summed E-state index contributed by atoms with van der Waals surface area (Å²) in [6.45, 7) is 2.05. The first kappa shape index (κ1) is 29.3. The molecular formula is C6H10O8Ti-2. The smallest absolute Gasteiger partial charge is 0.870 e. The van der Waals surface area contributed by atoms with Crippen LogP contribution in [-0.4, -0.2) is 35.1 Å². The number of aliphatic carboxylic acids is 2. The second kappa shape index (κ2) is 15.9. The molecule has 0 saturated heterocycles. The molecule has 88 valence electrons. The Bertz CT molecular complexity index is 139. The number of hydrogen-bond donors (Lipinski definition) is 0. The van der Waals surface area contributed by atoms with Crippen molar-refractivity contribution in [1.82, 2.24) is 0 Å². The van der Waals surface area contributed by atoms with Gasteiger partial charge in [-0.05, 0) is 0 Å². The van der Waals surface area contributed by atoms with Crippen molar-refractivity contribution in [3.05, 3.63) is 0 Å². The Balaban J connectivity index is -0.0000000370. The van der Waals surface area contributed by atoms with Crippen LogP contribution in [0.4, 0.5) is 0 Å². The van der Waals surface area contributed by atoms with E-state index in [0.29, 0.717) is 0 Å². The maximum atomic E-state index is 9.56. The van der Waals surface area contributed by atoms with Crippen molar-refractivity contribution in [3.8, 4) is 0 Å². The van der Waals surface area contributed by atoms with E-state index in [1.807, 2.05) is 0 Å². The van der Waals surface area contributed by atoms with E-state index in [2.05, 4.69) is 0 Å². The topological polar surface area (TPSA) is 186 Å². The van der Waals surface area contributed by atoms with Crippen LogP contribution in [0.2, 0.25) is 0 Å². The van der Waals surface area contributed by atoms with E-state index in [4.69, 9.17) is 0 Å². The normalized spacial score (nSPS) is 10.9. The second-order valence-corrected chi connectivity index (χ2v) is 1.92. The van der Waals surface area contributed by atoms with Crippen LogP contribution in [0.15, 0.2) is 0 Å². The molecule has 2 N–H and O–H groups in total. The fraction of sp³-hybridized carbons (Fsp3) is 0.667. The fourth-order valence-electron chi connectivity index (χ4n) is 0. The quantitative estimate of drug-likeness (QED) is 0.438. The van der Waals surface area contributed by atoms with Crippen molar-refractivity contribution >= 4 is 11.9 Å². The number of carbonyl (C=O) groups excluding carboxylic acids is 2. The average molecular weight is 258 g/mol. The Morgan fingerprint density at radius 2 is 0.933 bits per heavy atom. The molecule has 0 aliphatic carbocycles. The van der Waals surface area contributed by atoms with E-state index in [9.17, 15) is 30.0 Å². The van der Waals surface area contributed by atoms with Crippen LogP contribution in [0.1, 0.15) is 13.8 Å². The zero-order valence-electron chi connectivity index (χ0n) is 8.00. The molecule has 2 atom stereocenters. The molecule has 0 heterocycles. The molecule has 0 amide bonds. The molecule has 2 unspecified atom stereocenters. The summed E-state index contributed by atoms with van der Waals surface area (Å²) in [5.41, 5.74) is 0. The Hall–Kier alpha value is -0.506. The van der Waals surface area contributed by atoms with E-state index in [-0.39, 0.29) is 32.7 Å². The van der Waals surface area contributed by atoms with Crippen molar-refractivity contribution in [3.63, 3.8) is 0 Å². The van der Waals surface area contributed by atoms with Crippen LogP contribution < -0.4 is 20.4 Å². The predicted molar refractivity (Wildman–Crippen MR) is 32.8 cm³/mol. The standard InChI is InChI=1S/2C3H5O3.2H2O.Ti/c2*1-2(4)3(5)6;;;/h2*2H,1H3,(H,5,6);2*1H2;/q2*-1;;;+4/p-4. The van der Waals surface area contributed by atoms with Gasteiger partial charge in [-0.3, -0.25) is 0 Å². The van der Waals surface area contributed by atoms with Crippen LogP contribution in [0.25, 0.3) is 0 Å². The van der Waals surface area contributed by atoms with Crippen molar-refractivity contribution in [2.24, 2.45) is 0 Å². The molecule has 0 radical (unpaired) electrons. The Labute approximate surface area is 101 Å². The van der Waals surface area contributed by atoms with Gasteiger partial charge in [0.1, 0.15) is 0 Å². The molecular weight excluding hydrogens is 248 g/mol. The fourth-order valence-corrected chi connectivity index (χ4v) is 0. The van der Waals surface area contributed by atoms with Gasteiger partial charge in [0.2, 0.25) is 0 Å². The number of carboxylic acids is 2. The summed E-state index contributed by atoms with van der Waals surface area (Å²) in [7, 11) is 0. The average Bonchev–Trinajstić information content (AvgIpc) is 1.88. The molecule has 8 nitrogen and oxygen atoms in total. The van der Waals surface area contributed by atoms with Gasteiger partial charge < -0.3 is 41.0 Å². The van der Waals surface area contributed by atoms with Gasteiger partial charge in [0, 0.05) is 11.9 Å². The van der Waals surface area contributed by atoms with Crippen LogP contribution in [0.5, 0.6) is 0 Å². The zero-order valence-corrected chi connectivity index (χ0v) is 9.56. The third kappa shape index (κ3) is 31.7. The molecule has 0 rings (SSSR count). The first-order valence-corrected chi connectivity index (χ1v) is 3.02. The van der Waals surface area contributed by atoms with Crippen molar-refractivity contribution < 1.29 is 62.7 Å². The molecule has 0 saturated carbocycles. The maximum Gasteiger partial charge on any atom is 4.00 e. The van der Waals surface area contributed by atoms with Crippen molar-refractivity contribution in [2.45, 2.75) is 26.1 Å². The molecule has 0 aromatic rings. The maximum absolute atomic E-state index is 9.56. The Morgan fingerprint density at radius 3 is 0.933 bits per heavy atom. The molecule has 15 heavy (non-hydrogen) atoms. The third-order valence-corrected chi connectivity index (χ3v) is 0.664. The van der Waals surface area contributed by atoms with Crippen LogP contribution in [0, 0.1) is 0 Å². The molecule has 0 bridgehead atoms. The van der Waals surface area contributed by atoms with Crippen LogP contribution in [0.3, 0.4) is 0 Å². The third-order valence-electron chi connectivity index (χ3n) is 0.664. The predicted octanol–water partition coefficient (Wildman–Crippen LogP) is -5.39. The van der Waals surface area contributed by atoms with Gasteiger partial charge in [-0.2, -0.15) is 0 Å². The van der Waals surface area contributed by atoms with Gasteiger partial charge in [0.25, 0.3) is 0 Å². The van der Waals surface area contributed by atoms with Crippen LogP contribution >= 0.6 is 0 Å². The minimum atomic E-state index is -1.59. The molecule has 0 aliphatic rings. The van der Waals surface area contributed by atoms with Gasteiger partial charge in [-0.25, -0.2) is 0 Å². The minimum Gasteiger partial charge on any atom is -0.870 e. The van der Waals surface area contributed by atoms with Gasteiger partial charge in [0.15, 0.2) is 0 Å². The van der Waals surface area contributed by atoms with Crippen LogP contribution in [-0.2, 0) is 31.3 Å². The monoisotopic (exact) mass is 258 g/mol. The van der Waals surface area contributed by atoms with E-state index in [1.54, 1.807) is 0 Å². The summed E-state index contributed by atoms with van der Waals surface area (Å²) in [4.78, 5) is 18.6. The summed E-state index contributed by atoms with van der Waals surface area (Å²) >= 11 is 0. The minimum absolute atomic E-state index is 0. The van der Waals surface area contributed by atoms with E-state index in [1.165, 1.54) is 0 Å². The summed E-state index contributed by atoms with van der Waals surface area (Å²) in [6, 6.07) is 0. The number of carbonyl (C=O) groups is 2. The molecule has 0 fully saturated rings. The number of rotatable bonds is 2. The molecule has 0 aliphatic heterocycles. The second-order valence-electron chi connectivity index (χ2n) is 1.92. The number of carboxylic acid groups (broad SMARTS) is 2. The largest absolute Gasteiger partial charge is 4.00 e. The number of hydrogen-bond acceptors (Lipinski definition) is 8. The van der Waals surface area contributed by atoms with Gasteiger partial charge >= 0.3 is 21.7 Å². The summed E-state index contributed by atoms with van der Waals surface area (Å²) in [5, 5.41) is 37.7. The van der Waals surface area contributed by atoms with Gasteiger partial charge in [0.05, 0.1) is 0 Å². The molecule has 0 aromatic carbocycles. The molecule has 0 aromatic heterocycles. The first-order chi connectivity index (χ1) is 5.29. The Morgan fingerprint density at radius 1 is 0.867 bits per heavy atom. The van der Waals surface area contributed by atoms with E-state index in [0.717, 1.165) is 13.8 Å². The zero-order chi connectivity index (χ0) is 10.3. The first-order valence-electron chi connectivity index (χ1n) is 3.02. The van der Waals surface area contributed by atoms with E-state index < -0.39 is 24.1 Å². The van der Waals surface area contributed by atoms with Crippen molar-refractivity contribution in [2.75, 3.05) is 0 Å². The summed E-state index contributed by atoms with van der Waals surface area (Å²) in [5.74, 6) is -3.09. The molecule has 0 spiro atoms. The van der Waals surface area contributed by atoms with E-state index >= 15 is 0 Å². The van der Waals surface area contributed by atoms with Crippen molar-refractivity contribution in [1.29, 1.82) is 0 Å². The SMILES string of the molecule is CC([O-])C(=O)[O-].CC([O-])C(=O)[O-].[OH-].[OH-].[Ti+4]. The Kier molecular flexibility index (Phi) is 31.1. The van der Waals surface area contributed by atoms with Gasteiger partial charge in [-0.1, -0.05) is 26.1 Å². The van der Waals surface area contributed by atoms with Gasteiger partial charge in [-0.15, -0.1) is 0 Å². The summed E-state index contributed by atoms with van der Waals surface area (Å²) < 4.78 is 0. The molecule has 9 heteroatoms. The summed E-state index contributed by atoms with van der Waals surface area (Å²) in [6.07, 6.45) is -3.19.